The molecule has 0 bridgehead atoms. The van der Waals surface area contributed by atoms with Crippen molar-refractivity contribution in [1.82, 2.24) is 14.7 Å². The first-order valence-corrected chi connectivity index (χ1v) is 11.2. The van der Waals surface area contributed by atoms with E-state index in [0.717, 1.165) is 69.8 Å². The van der Waals surface area contributed by atoms with Crippen molar-refractivity contribution in [2.45, 2.75) is 32.6 Å². The molecule has 1 fully saturated rings. The lowest BCUT2D eigenvalue weighted by Gasteiger charge is -2.36. The van der Waals surface area contributed by atoms with Crippen molar-refractivity contribution in [3.05, 3.63) is 77.6 Å². The second kappa shape index (κ2) is 10.1. The predicted octanol–water partition coefficient (Wildman–Crippen LogP) is 4.86. The maximum Gasteiger partial charge on any atom is 0.146 e. The quantitative estimate of drug-likeness (QED) is 0.516. The first kappa shape index (κ1) is 21.5. The number of benzene rings is 2. The number of nitrogens with zero attached hydrogens (tertiary/aromatic N) is 4. The van der Waals surface area contributed by atoms with Crippen LogP contribution in [0, 0.1) is 11.6 Å². The van der Waals surface area contributed by atoms with Crippen LogP contribution in [0.5, 0.6) is 0 Å². The van der Waals surface area contributed by atoms with Gasteiger partial charge in [0.25, 0.3) is 0 Å². The SMILES string of the molecule is CCCc1cc(CCCN2CCN(c3ccccc3F)CC2)n(-c2ccc(F)cc2)n1. The molecule has 0 aliphatic carbocycles. The van der Waals surface area contributed by atoms with Crippen molar-refractivity contribution in [2.24, 2.45) is 0 Å². The maximum atomic E-state index is 14.0. The van der Waals surface area contributed by atoms with Crippen molar-refractivity contribution in [2.75, 3.05) is 37.6 Å². The molecule has 1 aliphatic rings. The number of anilines is 1. The Bertz CT molecular complexity index is 975. The lowest BCUT2D eigenvalue weighted by molar-refractivity contribution is 0.254. The number of aryl methyl sites for hydroxylation is 2. The largest absolute Gasteiger partial charge is 0.367 e. The summed E-state index contributed by atoms with van der Waals surface area (Å²) in [5.41, 5.74) is 3.85. The third kappa shape index (κ3) is 5.31. The van der Waals surface area contributed by atoms with E-state index in [2.05, 4.69) is 22.8 Å². The molecule has 164 valence electrons. The Labute approximate surface area is 183 Å². The van der Waals surface area contributed by atoms with Crippen molar-refractivity contribution >= 4 is 5.69 Å². The summed E-state index contributed by atoms with van der Waals surface area (Å²) in [6.07, 6.45) is 3.94. The van der Waals surface area contributed by atoms with Gasteiger partial charge in [-0.3, -0.25) is 4.90 Å². The molecule has 3 aromatic rings. The molecule has 4 nitrogen and oxygen atoms in total. The van der Waals surface area contributed by atoms with Gasteiger partial charge in [0.05, 0.1) is 17.1 Å². The molecule has 0 unspecified atom stereocenters. The highest BCUT2D eigenvalue weighted by Crippen LogP contribution is 2.21. The van der Waals surface area contributed by atoms with E-state index in [0.29, 0.717) is 5.69 Å². The van der Waals surface area contributed by atoms with Crippen LogP contribution < -0.4 is 4.90 Å². The fourth-order valence-electron chi connectivity index (χ4n) is 4.24. The molecule has 1 aromatic heterocycles. The van der Waals surface area contributed by atoms with Crippen LogP contribution in [0.25, 0.3) is 5.69 Å². The zero-order valence-corrected chi connectivity index (χ0v) is 18.1. The van der Waals surface area contributed by atoms with Gasteiger partial charge in [0.15, 0.2) is 0 Å². The summed E-state index contributed by atoms with van der Waals surface area (Å²) in [7, 11) is 0. The van der Waals surface area contributed by atoms with E-state index < -0.39 is 0 Å². The van der Waals surface area contributed by atoms with Crippen LogP contribution in [-0.2, 0) is 12.8 Å². The standard InChI is InChI=1S/C25H30F2N4/c1-2-6-21-19-23(31(28-21)22-12-10-20(26)11-13-22)7-5-14-29-15-17-30(18-16-29)25-9-4-3-8-24(25)27/h3-4,8-13,19H,2,5-7,14-18H2,1H3. The van der Waals surface area contributed by atoms with Crippen LogP contribution in [0.1, 0.15) is 31.2 Å². The first-order valence-electron chi connectivity index (χ1n) is 11.2. The molecule has 0 amide bonds. The fourth-order valence-corrected chi connectivity index (χ4v) is 4.24. The molecule has 0 saturated carbocycles. The van der Waals surface area contributed by atoms with Crippen molar-refractivity contribution in [3.8, 4) is 5.69 Å². The van der Waals surface area contributed by atoms with Crippen molar-refractivity contribution in [1.29, 1.82) is 0 Å². The summed E-state index contributed by atoms with van der Waals surface area (Å²) < 4.78 is 29.3. The zero-order valence-electron chi connectivity index (χ0n) is 18.1. The summed E-state index contributed by atoms with van der Waals surface area (Å²) in [4.78, 5) is 4.58. The lowest BCUT2D eigenvalue weighted by Crippen LogP contribution is -2.47. The predicted molar refractivity (Wildman–Crippen MR) is 121 cm³/mol. The molecule has 1 saturated heterocycles. The molecule has 0 radical (unpaired) electrons. The Kier molecular flexibility index (Phi) is 6.97. The second-order valence-electron chi connectivity index (χ2n) is 8.15. The Hall–Kier alpha value is -2.73. The summed E-state index contributed by atoms with van der Waals surface area (Å²) >= 11 is 0. The molecule has 0 spiro atoms. The number of hydrogen-bond donors (Lipinski definition) is 0. The van der Waals surface area contributed by atoms with E-state index in [1.54, 1.807) is 18.2 Å². The number of hydrogen-bond acceptors (Lipinski definition) is 3. The van der Waals surface area contributed by atoms with Crippen LogP contribution in [-0.4, -0.2) is 47.4 Å². The highest BCUT2D eigenvalue weighted by molar-refractivity contribution is 5.48. The third-order valence-corrected chi connectivity index (χ3v) is 5.88. The average Bonchev–Trinajstić information content (AvgIpc) is 3.18. The Morgan fingerprint density at radius 3 is 2.35 bits per heavy atom. The van der Waals surface area contributed by atoms with Gasteiger partial charge in [-0.1, -0.05) is 25.5 Å². The van der Waals surface area contributed by atoms with Crippen LogP contribution in [0.4, 0.5) is 14.5 Å². The number of rotatable bonds is 8. The smallest absolute Gasteiger partial charge is 0.146 e. The number of piperazine rings is 1. The van der Waals surface area contributed by atoms with E-state index in [1.807, 2.05) is 16.8 Å². The van der Waals surface area contributed by atoms with E-state index in [4.69, 9.17) is 5.10 Å². The molecule has 0 N–H and O–H groups in total. The fraction of sp³-hybridized carbons (Fsp3) is 0.400. The Morgan fingerprint density at radius 2 is 1.65 bits per heavy atom. The third-order valence-electron chi connectivity index (χ3n) is 5.88. The van der Waals surface area contributed by atoms with E-state index in [-0.39, 0.29) is 11.6 Å². The normalized spacial score (nSPS) is 14.9. The minimum absolute atomic E-state index is 0.145. The van der Waals surface area contributed by atoms with Gasteiger partial charge in [0.1, 0.15) is 11.6 Å². The molecule has 2 aromatic carbocycles. The van der Waals surface area contributed by atoms with Crippen molar-refractivity contribution < 1.29 is 8.78 Å². The van der Waals surface area contributed by atoms with Gasteiger partial charge in [-0.2, -0.15) is 5.10 Å². The molecule has 31 heavy (non-hydrogen) atoms. The second-order valence-corrected chi connectivity index (χ2v) is 8.15. The molecule has 1 aliphatic heterocycles. The van der Waals surface area contributed by atoms with Gasteiger partial charge in [0.2, 0.25) is 0 Å². The lowest BCUT2D eigenvalue weighted by atomic mass is 10.1. The monoisotopic (exact) mass is 424 g/mol. The molecular weight excluding hydrogens is 394 g/mol. The van der Waals surface area contributed by atoms with E-state index in [9.17, 15) is 8.78 Å². The maximum absolute atomic E-state index is 14.0. The van der Waals surface area contributed by atoms with Crippen LogP contribution in [0.2, 0.25) is 0 Å². The average molecular weight is 425 g/mol. The van der Waals surface area contributed by atoms with Gasteiger partial charge in [0, 0.05) is 31.9 Å². The summed E-state index contributed by atoms with van der Waals surface area (Å²) in [5.74, 6) is -0.381. The van der Waals surface area contributed by atoms with E-state index in [1.165, 1.54) is 23.9 Å². The van der Waals surface area contributed by atoms with Gasteiger partial charge in [-0.05, 0) is 68.3 Å². The van der Waals surface area contributed by atoms with Gasteiger partial charge in [-0.15, -0.1) is 0 Å². The number of halogens is 2. The van der Waals surface area contributed by atoms with Crippen molar-refractivity contribution in [3.63, 3.8) is 0 Å². The van der Waals surface area contributed by atoms with E-state index >= 15 is 0 Å². The summed E-state index contributed by atoms with van der Waals surface area (Å²) in [6, 6.07) is 15.7. The first-order chi connectivity index (χ1) is 15.1. The number of aromatic nitrogens is 2. The van der Waals surface area contributed by atoms with Gasteiger partial charge in [-0.25, -0.2) is 13.5 Å². The van der Waals surface area contributed by atoms with Crippen LogP contribution >= 0.6 is 0 Å². The molecule has 4 rings (SSSR count). The number of para-hydroxylation sites is 1. The topological polar surface area (TPSA) is 24.3 Å². The summed E-state index contributed by atoms with van der Waals surface area (Å²) in [5, 5.41) is 4.76. The molecule has 0 atom stereocenters. The highest BCUT2D eigenvalue weighted by atomic mass is 19.1. The van der Waals surface area contributed by atoms with Gasteiger partial charge >= 0.3 is 0 Å². The zero-order chi connectivity index (χ0) is 21.6. The highest BCUT2D eigenvalue weighted by Gasteiger charge is 2.19. The Balaban J connectivity index is 1.33. The minimum atomic E-state index is -0.235. The van der Waals surface area contributed by atoms with Crippen LogP contribution in [0.3, 0.4) is 0 Å². The van der Waals surface area contributed by atoms with Crippen LogP contribution in [0.15, 0.2) is 54.6 Å². The van der Waals surface area contributed by atoms with Gasteiger partial charge < -0.3 is 4.90 Å². The Morgan fingerprint density at radius 1 is 0.903 bits per heavy atom. The summed E-state index contributed by atoms with van der Waals surface area (Å²) in [6.45, 7) is 6.71. The molecular formula is C25H30F2N4. The molecule has 2 heterocycles. The minimum Gasteiger partial charge on any atom is -0.367 e. The molecule has 6 heteroatoms.